The third-order valence-corrected chi connectivity index (χ3v) is 2.18. The van der Waals surface area contributed by atoms with Crippen LogP contribution in [0.4, 0.5) is 0 Å². The average molecular weight is 227 g/mol. The van der Waals surface area contributed by atoms with Crippen LogP contribution >= 0.6 is 0 Å². The van der Waals surface area contributed by atoms with Gasteiger partial charge >= 0.3 is 0 Å². The summed E-state index contributed by atoms with van der Waals surface area (Å²) in [4.78, 5) is 22.9. The third-order valence-electron chi connectivity index (χ3n) is 2.18. The summed E-state index contributed by atoms with van der Waals surface area (Å²) in [5.41, 5.74) is 6.22. The van der Waals surface area contributed by atoms with Crippen LogP contribution in [0.5, 0.6) is 0 Å². The molecule has 0 aliphatic heterocycles. The van der Waals surface area contributed by atoms with E-state index in [2.05, 4.69) is 10.6 Å². The first-order chi connectivity index (χ1) is 7.42. The van der Waals surface area contributed by atoms with E-state index in [4.69, 9.17) is 5.73 Å². The van der Waals surface area contributed by atoms with E-state index in [0.717, 1.165) is 12.1 Å². The Hall–Kier alpha value is -1.36. The Kier molecular flexibility index (Phi) is 6.41. The molecule has 0 saturated heterocycles. The maximum absolute atomic E-state index is 11.6. The normalized spacial score (nSPS) is 15.2. The van der Waals surface area contributed by atoms with Gasteiger partial charge in [0.25, 0.3) is 0 Å². The summed E-state index contributed by atoms with van der Waals surface area (Å²) in [7, 11) is 0. The summed E-state index contributed by atoms with van der Waals surface area (Å²) >= 11 is 0. The van der Waals surface area contributed by atoms with Gasteiger partial charge in [0, 0.05) is 5.70 Å². The molecule has 0 radical (unpaired) electrons. The molecule has 0 saturated carbocycles. The Labute approximate surface area is 96.5 Å². The largest absolute Gasteiger partial charge is 0.343 e. The first kappa shape index (κ1) is 14.6. The van der Waals surface area contributed by atoms with Crippen LogP contribution in [0.15, 0.2) is 11.8 Å². The Bertz CT molecular complexity index is 285. The van der Waals surface area contributed by atoms with Crippen LogP contribution in [0.2, 0.25) is 0 Å². The van der Waals surface area contributed by atoms with E-state index in [0.29, 0.717) is 0 Å². The summed E-state index contributed by atoms with van der Waals surface area (Å²) in [5, 5.41) is 5.26. The number of rotatable bonds is 5. The number of nitrogens with two attached hydrogens (primary N) is 1. The van der Waals surface area contributed by atoms with Crippen molar-refractivity contribution in [1.82, 2.24) is 10.6 Å². The number of carbonyl (C=O) groups excluding carboxylic acids is 2. The highest BCUT2D eigenvalue weighted by Gasteiger charge is 2.17. The molecule has 0 rings (SSSR count). The zero-order chi connectivity index (χ0) is 12.7. The molecule has 0 aromatic rings. The van der Waals surface area contributed by atoms with Gasteiger partial charge in [-0.3, -0.25) is 9.59 Å². The molecular weight excluding hydrogens is 206 g/mol. The highest BCUT2D eigenvalue weighted by Crippen LogP contribution is 1.96. The molecule has 16 heavy (non-hydrogen) atoms. The van der Waals surface area contributed by atoms with Crippen molar-refractivity contribution >= 4 is 11.8 Å². The van der Waals surface area contributed by atoms with Gasteiger partial charge in [0.2, 0.25) is 11.8 Å². The topological polar surface area (TPSA) is 84.2 Å². The van der Waals surface area contributed by atoms with Gasteiger partial charge in [0.05, 0.1) is 6.04 Å². The lowest BCUT2D eigenvalue weighted by Crippen LogP contribution is -2.49. The lowest BCUT2D eigenvalue weighted by Gasteiger charge is -2.16. The molecule has 0 spiro atoms. The summed E-state index contributed by atoms with van der Waals surface area (Å²) in [6.45, 7) is 6.99. The van der Waals surface area contributed by atoms with E-state index in [9.17, 15) is 9.59 Å². The van der Waals surface area contributed by atoms with Crippen LogP contribution in [-0.4, -0.2) is 23.9 Å². The fourth-order valence-electron chi connectivity index (χ4n) is 1.04. The maximum Gasteiger partial charge on any atom is 0.246 e. The zero-order valence-electron chi connectivity index (χ0n) is 10.3. The van der Waals surface area contributed by atoms with Crippen molar-refractivity contribution in [2.24, 2.45) is 5.73 Å². The van der Waals surface area contributed by atoms with Crippen molar-refractivity contribution in [3.05, 3.63) is 11.8 Å². The molecule has 0 heterocycles. The Balaban J connectivity index is 4.24. The van der Waals surface area contributed by atoms with Crippen molar-refractivity contribution in [3.63, 3.8) is 0 Å². The number of amides is 2. The van der Waals surface area contributed by atoms with Gasteiger partial charge in [-0.1, -0.05) is 13.0 Å². The third kappa shape index (κ3) is 4.93. The molecule has 0 unspecified atom stereocenters. The SMILES string of the molecule is C/C=C(\CC)NC(=O)[C@H](C)NC(=O)[C@H](C)N. The van der Waals surface area contributed by atoms with Crippen LogP contribution in [0.3, 0.4) is 0 Å². The van der Waals surface area contributed by atoms with Crippen molar-refractivity contribution in [1.29, 1.82) is 0 Å². The lowest BCUT2D eigenvalue weighted by molar-refractivity contribution is -0.128. The zero-order valence-corrected chi connectivity index (χ0v) is 10.3. The standard InChI is InChI=1S/C11H21N3O2/c1-5-9(6-2)14-11(16)8(4)13-10(15)7(3)12/h5,7-8H,6,12H2,1-4H3,(H,13,15)(H,14,16)/b9-5+/t7-,8-/m0/s1. The van der Waals surface area contributed by atoms with Crippen molar-refractivity contribution in [2.45, 2.75) is 46.2 Å². The van der Waals surface area contributed by atoms with E-state index in [1.807, 2.05) is 19.9 Å². The van der Waals surface area contributed by atoms with E-state index in [1.165, 1.54) is 0 Å². The minimum absolute atomic E-state index is 0.232. The molecule has 2 amide bonds. The average Bonchev–Trinajstić information content (AvgIpc) is 2.24. The molecule has 0 aliphatic carbocycles. The highest BCUT2D eigenvalue weighted by molar-refractivity contribution is 5.89. The molecule has 4 N–H and O–H groups in total. The quantitative estimate of drug-likeness (QED) is 0.630. The van der Waals surface area contributed by atoms with Gasteiger partial charge in [-0.05, 0) is 27.2 Å². The number of hydrogen-bond acceptors (Lipinski definition) is 3. The second-order valence-corrected chi connectivity index (χ2v) is 3.68. The smallest absolute Gasteiger partial charge is 0.246 e. The van der Waals surface area contributed by atoms with Crippen molar-refractivity contribution < 1.29 is 9.59 Å². The van der Waals surface area contributed by atoms with Gasteiger partial charge in [0.15, 0.2) is 0 Å². The van der Waals surface area contributed by atoms with Crippen LogP contribution < -0.4 is 16.4 Å². The molecule has 5 nitrogen and oxygen atoms in total. The van der Waals surface area contributed by atoms with E-state index < -0.39 is 12.1 Å². The van der Waals surface area contributed by atoms with Gasteiger partial charge in [-0.15, -0.1) is 0 Å². The number of allylic oxidation sites excluding steroid dienone is 2. The molecule has 0 bridgehead atoms. The van der Waals surface area contributed by atoms with Gasteiger partial charge in [-0.25, -0.2) is 0 Å². The van der Waals surface area contributed by atoms with Crippen molar-refractivity contribution in [3.8, 4) is 0 Å². The number of hydrogen-bond donors (Lipinski definition) is 3. The Morgan fingerprint density at radius 2 is 1.88 bits per heavy atom. The first-order valence-electron chi connectivity index (χ1n) is 5.44. The molecule has 0 fully saturated rings. The summed E-state index contributed by atoms with van der Waals surface area (Å²) in [6, 6.07) is -1.19. The predicted molar refractivity (Wildman–Crippen MR) is 63.4 cm³/mol. The Morgan fingerprint density at radius 3 is 2.25 bits per heavy atom. The molecule has 92 valence electrons. The highest BCUT2D eigenvalue weighted by atomic mass is 16.2. The second-order valence-electron chi connectivity index (χ2n) is 3.68. The fraction of sp³-hybridized carbons (Fsp3) is 0.636. The summed E-state index contributed by atoms with van der Waals surface area (Å²) in [6.07, 6.45) is 2.58. The molecular formula is C11H21N3O2. The first-order valence-corrected chi connectivity index (χ1v) is 5.44. The maximum atomic E-state index is 11.6. The predicted octanol–water partition coefficient (Wildman–Crippen LogP) is 0.268. The van der Waals surface area contributed by atoms with E-state index >= 15 is 0 Å². The van der Waals surface area contributed by atoms with Crippen LogP contribution in [0, 0.1) is 0 Å². The van der Waals surface area contributed by atoms with Gasteiger partial charge in [0.1, 0.15) is 6.04 Å². The van der Waals surface area contributed by atoms with E-state index in [-0.39, 0.29) is 11.8 Å². The molecule has 5 heteroatoms. The van der Waals surface area contributed by atoms with Gasteiger partial charge in [-0.2, -0.15) is 0 Å². The molecule has 2 atom stereocenters. The van der Waals surface area contributed by atoms with Crippen LogP contribution in [-0.2, 0) is 9.59 Å². The summed E-state index contributed by atoms with van der Waals surface area (Å²) < 4.78 is 0. The lowest BCUT2D eigenvalue weighted by atomic mass is 10.2. The van der Waals surface area contributed by atoms with Crippen LogP contribution in [0.25, 0.3) is 0 Å². The summed E-state index contributed by atoms with van der Waals surface area (Å²) in [5.74, 6) is -0.565. The molecule has 0 aromatic carbocycles. The minimum Gasteiger partial charge on any atom is -0.343 e. The minimum atomic E-state index is -0.609. The molecule has 0 aromatic heterocycles. The molecule has 0 aliphatic rings. The number of nitrogens with one attached hydrogen (secondary N) is 2. The van der Waals surface area contributed by atoms with Crippen molar-refractivity contribution in [2.75, 3.05) is 0 Å². The van der Waals surface area contributed by atoms with E-state index in [1.54, 1.807) is 13.8 Å². The second kappa shape index (κ2) is 7.00. The van der Waals surface area contributed by atoms with Crippen LogP contribution in [0.1, 0.15) is 34.1 Å². The monoisotopic (exact) mass is 227 g/mol. The number of carbonyl (C=O) groups is 2. The fourth-order valence-corrected chi connectivity index (χ4v) is 1.04. The Morgan fingerprint density at radius 1 is 1.31 bits per heavy atom. The van der Waals surface area contributed by atoms with Gasteiger partial charge < -0.3 is 16.4 Å².